The van der Waals surface area contributed by atoms with Crippen molar-refractivity contribution in [3.63, 3.8) is 0 Å². The van der Waals surface area contributed by atoms with E-state index in [0.717, 1.165) is 52.8 Å². The van der Waals surface area contributed by atoms with Gasteiger partial charge in [-0.2, -0.15) is 5.26 Å². The lowest BCUT2D eigenvalue weighted by Crippen LogP contribution is -2.22. The van der Waals surface area contributed by atoms with Gasteiger partial charge in [0.15, 0.2) is 0 Å². The first-order valence-corrected chi connectivity index (χ1v) is 12.6. The molecule has 0 amide bonds. The number of nitriles is 1. The summed E-state index contributed by atoms with van der Waals surface area (Å²) in [5.74, 6) is 2.93. The smallest absolute Gasteiger partial charge is 0.122 e. The Morgan fingerprint density at radius 2 is 1.89 bits per heavy atom. The maximum atomic E-state index is 9.24. The molecule has 5 nitrogen and oxygen atoms in total. The topological polar surface area (TPSA) is 74.6 Å². The van der Waals surface area contributed by atoms with Crippen molar-refractivity contribution in [2.45, 2.75) is 33.1 Å². The molecule has 0 bridgehead atoms. The van der Waals surface area contributed by atoms with E-state index in [1.54, 1.807) is 0 Å². The molecular formula is C31H28N4O. The lowest BCUT2D eigenvalue weighted by Gasteiger charge is -2.28. The highest BCUT2D eigenvalue weighted by Gasteiger charge is 2.24. The predicted octanol–water partition coefficient (Wildman–Crippen LogP) is 6.78. The number of nitrogens with one attached hydrogen (secondary N) is 1. The Labute approximate surface area is 210 Å². The molecule has 0 spiro atoms. The van der Waals surface area contributed by atoms with E-state index in [2.05, 4.69) is 70.4 Å². The number of ether oxygens (including phenoxy) is 1. The zero-order valence-corrected chi connectivity index (χ0v) is 20.6. The maximum Gasteiger partial charge on any atom is 0.122 e. The van der Waals surface area contributed by atoms with Crippen molar-refractivity contribution in [1.82, 2.24) is 15.0 Å². The molecule has 0 aliphatic carbocycles. The molecule has 1 aliphatic heterocycles. The third-order valence-electron chi connectivity index (χ3n) is 7.53. The third-order valence-corrected chi connectivity index (χ3v) is 7.53. The molecule has 36 heavy (non-hydrogen) atoms. The Morgan fingerprint density at radius 1 is 1.03 bits per heavy atom. The van der Waals surface area contributed by atoms with Gasteiger partial charge in [-0.25, -0.2) is 4.98 Å². The number of nitrogens with zero attached hydrogens (tertiary/aromatic N) is 3. The molecule has 0 saturated carbocycles. The van der Waals surface area contributed by atoms with Crippen LogP contribution in [-0.2, 0) is 12.8 Å². The van der Waals surface area contributed by atoms with Gasteiger partial charge in [0.2, 0.25) is 0 Å². The lowest BCUT2D eigenvalue weighted by molar-refractivity contribution is 0.222. The molecule has 1 N–H and O–H groups in total. The number of benzene rings is 3. The quantitative estimate of drug-likeness (QED) is 0.314. The van der Waals surface area contributed by atoms with E-state index in [0.29, 0.717) is 24.0 Å². The monoisotopic (exact) mass is 472 g/mol. The van der Waals surface area contributed by atoms with Crippen LogP contribution in [-0.4, -0.2) is 21.6 Å². The van der Waals surface area contributed by atoms with Crippen molar-refractivity contribution < 1.29 is 4.74 Å². The zero-order chi connectivity index (χ0) is 24.6. The number of pyridine rings is 1. The van der Waals surface area contributed by atoms with Crippen molar-refractivity contribution in [3.05, 3.63) is 89.4 Å². The number of rotatable bonds is 3. The molecule has 2 atom stereocenters. The molecule has 5 heteroatoms. The highest BCUT2D eigenvalue weighted by atomic mass is 16.5. The van der Waals surface area contributed by atoms with Gasteiger partial charge in [-0.3, -0.25) is 4.98 Å². The van der Waals surface area contributed by atoms with Crippen LogP contribution in [0.2, 0.25) is 0 Å². The number of hydrogen-bond acceptors (Lipinski definition) is 4. The SMILES string of the molecule is Cc1nc2ccc(-c3ccc4c(c3)CC(C)C(Cc3ccnc5cc(C#N)ccc35)CCO4)cc2[nH]1. The van der Waals surface area contributed by atoms with Crippen molar-refractivity contribution in [2.75, 3.05) is 6.61 Å². The van der Waals surface area contributed by atoms with Crippen molar-refractivity contribution >= 4 is 21.9 Å². The Hall–Kier alpha value is -4.17. The minimum absolute atomic E-state index is 0.493. The number of fused-ring (bicyclic) bond motifs is 3. The van der Waals surface area contributed by atoms with Crippen LogP contribution >= 0.6 is 0 Å². The first kappa shape index (κ1) is 22.3. The van der Waals surface area contributed by atoms with Gasteiger partial charge in [-0.15, -0.1) is 0 Å². The van der Waals surface area contributed by atoms with Gasteiger partial charge in [0.05, 0.1) is 34.8 Å². The molecule has 0 fully saturated rings. The Bertz CT molecular complexity index is 1630. The van der Waals surface area contributed by atoms with E-state index in [-0.39, 0.29) is 0 Å². The van der Waals surface area contributed by atoms with Gasteiger partial charge in [0.1, 0.15) is 11.6 Å². The van der Waals surface area contributed by atoms with Crippen LogP contribution in [0.1, 0.15) is 35.9 Å². The van der Waals surface area contributed by atoms with Gasteiger partial charge in [0.25, 0.3) is 0 Å². The van der Waals surface area contributed by atoms with Gasteiger partial charge in [0, 0.05) is 11.6 Å². The first-order chi connectivity index (χ1) is 17.6. The summed E-state index contributed by atoms with van der Waals surface area (Å²) in [7, 11) is 0. The Morgan fingerprint density at radius 3 is 2.78 bits per heavy atom. The number of aryl methyl sites for hydroxylation is 1. The van der Waals surface area contributed by atoms with Crippen LogP contribution in [0.5, 0.6) is 5.75 Å². The Balaban J connectivity index is 1.27. The molecule has 2 aromatic heterocycles. The van der Waals surface area contributed by atoms with E-state index in [4.69, 9.17) is 4.74 Å². The van der Waals surface area contributed by atoms with Crippen LogP contribution in [0.3, 0.4) is 0 Å². The second-order valence-corrected chi connectivity index (χ2v) is 9.97. The van der Waals surface area contributed by atoms with Crippen molar-refractivity contribution in [2.24, 2.45) is 11.8 Å². The molecular weight excluding hydrogens is 444 g/mol. The number of hydrogen-bond donors (Lipinski definition) is 1. The van der Waals surface area contributed by atoms with Crippen molar-refractivity contribution in [1.29, 1.82) is 5.26 Å². The van der Waals surface area contributed by atoms with E-state index in [9.17, 15) is 5.26 Å². The highest BCUT2D eigenvalue weighted by Crippen LogP contribution is 2.35. The molecule has 0 saturated heterocycles. The van der Waals surface area contributed by atoms with E-state index in [1.165, 1.54) is 22.3 Å². The second-order valence-electron chi connectivity index (χ2n) is 9.97. The fourth-order valence-electron chi connectivity index (χ4n) is 5.53. The number of aromatic amines is 1. The molecule has 2 unspecified atom stereocenters. The van der Waals surface area contributed by atoms with E-state index >= 15 is 0 Å². The fraction of sp³-hybridized carbons (Fsp3) is 0.258. The van der Waals surface area contributed by atoms with Gasteiger partial charge < -0.3 is 9.72 Å². The van der Waals surface area contributed by atoms with E-state index in [1.807, 2.05) is 31.3 Å². The summed E-state index contributed by atoms with van der Waals surface area (Å²) in [6.07, 6.45) is 4.82. The summed E-state index contributed by atoms with van der Waals surface area (Å²) >= 11 is 0. The summed E-state index contributed by atoms with van der Waals surface area (Å²) in [4.78, 5) is 12.4. The summed E-state index contributed by atoms with van der Waals surface area (Å²) in [5.41, 5.74) is 8.53. The van der Waals surface area contributed by atoms with E-state index < -0.39 is 0 Å². The van der Waals surface area contributed by atoms with Gasteiger partial charge in [-0.1, -0.05) is 25.1 Å². The van der Waals surface area contributed by atoms with Crippen LogP contribution in [0.25, 0.3) is 33.1 Å². The minimum Gasteiger partial charge on any atom is -0.493 e. The second kappa shape index (κ2) is 9.13. The van der Waals surface area contributed by atoms with Crippen LogP contribution in [0, 0.1) is 30.1 Å². The van der Waals surface area contributed by atoms with Crippen LogP contribution in [0.4, 0.5) is 0 Å². The Kier molecular flexibility index (Phi) is 5.65. The van der Waals surface area contributed by atoms with Crippen LogP contribution < -0.4 is 4.74 Å². The largest absolute Gasteiger partial charge is 0.493 e. The molecule has 3 aromatic carbocycles. The van der Waals surface area contributed by atoms with Crippen molar-refractivity contribution in [3.8, 4) is 22.9 Å². The number of aromatic nitrogens is 3. The molecule has 5 aromatic rings. The molecule has 3 heterocycles. The minimum atomic E-state index is 0.493. The number of H-pyrrole nitrogens is 1. The highest BCUT2D eigenvalue weighted by molar-refractivity contribution is 5.83. The molecule has 6 rings (SSSR count). The average molecular weight is 473 g/mol. The fourth-order valence-corrected chi connectivity index (χ4v) is 5.53. The molecule has 1 aliphatic rings. The summed E-state index contributed by atoms with van der Waals surface area (Å²) in [6, 6.07) is 23.1. The predicted molar refractivity (Wildman–Crippen MR) is 143 cm³/mol. The van der Waals surface area contributed by atoms with Crippen LogP contribution in [0.15, 0.2) is 66.9 Å². The normalized spacial score (nSPS) is 17.7. The summed E-state index contributed by atoms with van der Waals surface area (Å²) in [6.45, 7) is 5.06. The summed E-state index contributed by atoms with van der Waals surface area (Å²) < 4.78 is 6.26. The van der Waals surface area contributed by atoms with Gasteiger partial charge in [-0.05, 0) is 103 Å². The molecule has 178 valence electrons. The number of imidazole rings is 1. The maximum absolute atomic E-state index is 9.24. The zero-order valence-electron chi connectivity index (χ0n) is 20.6. The van der Waals surface area contributed by atoms with Gasteiger partial charge >= 0.3 is 0 Å². The lowest BCUT2D eigenvalue weighted by atomic mass is 9.80. The third kappa shape index (κ3) is 4.20. The molecule has 0 radical (unpaired) electrons. The summed E-state index contributed by atoms with van der Waals surface area (Å²) in [5, 5.41) is 10.4. The first-order valence-electron chi connectivity index (χ1n) is 12.6. The average Bonchev–Trinajstić information content (AvgIpc) is 3.26. The standard InChI is InChI=1S/C31H28N4O/c1-19-13-26-16-23(24-4-7-28-30(17-24)35-20(2)34-28)5-8-31(26)36-12-10-22(19)15-25-9-11-33-29-14-21(18-32)3-6-27(25)29/h3-9,11,14,16-17,19,22H,10,12-13,15H2,1-2H3,(H,34,35).